The number of benzene rings is 1. The number of nitrogens with zero attached hydrogens (tertiary/aromatic N) is 2. The van der Waals surface area contributed by atoms with Crippen molar-refractivity contribution in [2.24, 2.45) is 0 Å². The summed E-state index contributed by atoms with van der Waals surface area (Å²) in [5.41, 5.74) is 1.26. The van der Waals surface area contributed by atoms with Crippen molar-refractivity contribution < 1.29 is 4.92 Å². The first-order chi connectivity index (χ1) is 8.22. The third-order valence-corrected chi connectivity index (χ3v) is 3.07. The van der Waals surface area contributed by atoms with Crippen LogP contribution in [0, 0.1) is 10.1 Å². The topological polar surface area (TPSA) is 56.0 Å². The lowest BCUT2D eigenvalue weighted by molar-refractivity contribution is -0.384. The van der Waals surface area contributed by atoms with Gasteiger partial charge in [0.05, 0.1) is 16.2 Å². The Morgan fingerprint density at radius 1 is 1.29 bits per heavy atom. The second kappa shape index (κ2) is 4.97. The van der Waals surface area contributed by atoms with Crippen LogP contribution in [0.3, 0.4) is 0 Å². The molecule has 1 aromatic carbocycles. The summed E-state index contributed by atoms with van der Waals surface area (Å²) < 4.78 is 0. The van der Waals surface area contributed by atoms with E-state index in [1.165, 1.54) is 11.8 Å². The minimum atomic E-state index is -0.371. The van der Waals surface area contributed by atoms with Crippen LogP contribution in [0.1, 0.15) is 0 Å². The molecule has 2 aromatic rings. The van der Waals surface area contributed by atoms with E-state index in [4.69, 9.17) is 0 Å². The molecule has 0 radical (unpaired) electrons. The van der Waals surface area contributed by atoms with Crippen molar-refractivity contribution in [2.75, 3.05) is 6.26 Å². The van der Waals surface area contributed by atoms with Gasteiger partial charge in [0.25, 0.3) is 5.69 Å². The van der Waals surface area contributed by atoms with Crippen molar-refractivity contribution in [3.63, 3.8) is 0 Å². The first kappa shape index (κ1) is 11.6. The number of hydrogen-bond acceptors (Lipinski definition) is 4. The quantitative estimate of drug-likeness (QED) is 0.473. The van der Waals surface area contributed by atoms with Gasteiger partial charge in [0.15, 0.2) is 0 Å². The largest absolute Gasteiger partial charge is 0.279 e. The number of pyridine rings is 1. The summed E-state index contributed by atoms with van der Waals surface area (Å²) in [4.78, 5) is 15.7. The molecular formula is C12H10N2O2S. The SMILES string of the molecule is CSc1ccc(-c2ccccn2)c([N+](=O)[O-])c1. The van der Waals surface area contributed by atoms with E-state index < -0.39 is 0 Å². The molecule has 0 aliphatic carbocycles. The first-order valence-electron chi connectivity index (χ1n) is 4.96. The number of nitro benzene ring substituents is 1. The van der Waals surface area contributed by atoms with Gasteiger partial charge >= 0.3 is 0 Å². The molecule has 0 saturated carbocycles. The molecule has 0 bridgehead atoms. The van der Waals surface area contributed by atoms with Gasteiger partial charge < -0.3 is 0 Å². The molecule has 0 N–H and O–H groups in total. The van der Waals surface area contributed by atoms with Gasteiger partial charge in [-0.25, -0.2) is 0 Å². The van der Waals surface area contributed by atoms with E-state index >= 15 is 0 Å². The van der Waals surface area contributed by atoms with Crippen molar-refractivity contribution >= 4 is 17.4 Å². The van der Waals surface area contributed by atoms with Gasteiger partial charge in [-0.3, -0.25) is 15.1 Å². The van der Waals surface area contributed by atoms with Crippen molar-refractivity contribution in [3.05, 3.63) is 52.7 Å². The molecule has 0 aliphatic rings. The fourth-order valence-electron chi connectivity index (χ4n) is 1.53. The molecule has 0 unspecified atom stereocenters. The Hall–Kier alpha value is -1.88. The molecule has 1 aromatic heterocycles. The number of thioether (sulfide) groups is 1. The monoisotopic (exact) mass is 246 g/mol. The highest BCUT2D eigenvalue weighted by Gasteiger charge is 2.16. The van der Waals surface area contributed by atoms with Gasteiger partial charge in [-0.1, -0.05) is 6.07 Å². The van der Waals surface area contributed by atoms with Gasteiger partial charge in [0.1, 0.15) is 0 Å². The van der Waals surface area contributed by atoms with E-state index in [1.54, 1.807) is 30.5 Å². The Kier molecular flexibility index (Phi) is 3.39. The summed E-state index contributed by atoms with van der Waals surface area (Å²) >= 11 is 1.48. The highest BCUT2D eigenvalue weighted by Crippen LogP contribution is 2.31. The van der Waals surface area contributed by atoms with Crippen LogP contribution in [0.2, 0.25) is 0 Å². The van der Waals surface area contributed by atoms with Crippen LogP contribution in [0.15, 0.2) is 47.5 Å². The molecule has 2 rings (SSSR count). The van der Waals surface area contributed by atoms with Crippen LogP contribution < -0.4 is 0 Å². The van der Waals surface area contributed by atoms with E-state index in [-0.39, 0.29) is 10.6 Å². The average molecular weight is 246 g/mol. The number of hydrogen-bond donors (Lipinski definition) is 0. The van der Waals surface area contributed by atoms with E-state index in [0.717, 1.165) is 4.90 Å². The third kappa shape index (κ3) is 2.45. The van der Waals surface area contributed by atoms with E-state index in [2.05, 4.69) is 4.98 Å². The summed E-state index contributed by atoms with van der Waals surface area (Å²) in [5, 5.41) is 11.0. The normalized spacial score (nSPS) is 10.2. The predicted octanol–water partition coefficient (Wildman–Crippen LogP) is 3.38. The van der Waals surface area contributed by atoms with Crippen molar-refractivity contribution in [2.45, 2.75) is 4.90 Å². The van der Waals surface area contributed by atoms with E-state index in [9.17, 15) is 10.1 Å². The molecule has 1 heterocycles. The van der Waals surface area contributed by atoms with Crippen LogP contribution in [0.5, 0.6) is 0 Å². The van der Waals surface area contributed by atoms with Gasteiger partial charge in [-0.05, 0) is 30.5 Å². The van der Waals surface area contributed by atoms with Gasteiger partial charge in [-0.2, -0.15) is 0 Å². The Bertz CT molecular complexity index is 543. The third-order valence-electron chi connectivity index (χ3n) is 2.34. The summed E-state index contributed by atoms with van der Waals surface area (Å²) in [6.45, 7) is 0. The molecule has 0 amide bonds. The zero-order valence-corrected chi connectivity index (χ0v) is 9.98. The number of aromatic nitrogens is 1. The standard InChI is InChI=1S/C12H10N2O2S/c1-17-9-5-6-10(12(8-9)14(15)16)11-4-2-3-7-13-11/h2-8H,1H3. The molecule has 5 heteroatoms. The maximum Gasteiger partial charge on any atom is 0.279 e. The van der Waals surface area contributed by atoms with Gasteiger partial charge in [0, 0.05) is 17.2 Å². The second-order valence-electron chi connectivity index (χ2n) is 3.36. The molecule has 0 fully saturated rings. The molecule has 17 heavy (non-hydrogen) atoms. The average Bonchev–Trinajstić information content (AvgIpc) is 2.39. The highest BCUT2D eigenvalue weighted by atomic mass is 32.2. The van der Waals surface area contributed by atoms with Gasteiger partial charge in [0.2, 0.25) is 0 Å². The Morgan fingerprint density at radius 2 is 2.12 bits per heavy atom. The van der Waals surface area contributed by atoms with Gasteiger partial charge in [-0.15, -0.1) is 11.8 Å². The van der Waals surface area contributed by atoms with Crippen LogP contribution in [0.25, 0.3) is 11.3 Å². The van der Waals surface area contributed by atoms with Crippen LogP contribution in [-0.2, 0) is 0 Å². The molecule has 86 valence electrons. The van der Waals surface area contributed by atoms with Crippen LogP contribution in [-0.4, -0.2) is 16.2 Å². The highest BCUT2D eigenvalue weighted by molar-refractivity contribution is 7.98. The lowest BCUT2D eigenvalue weighted by Gasteiger charge is -2.03. The zero-order chi connectivity index (χ0) is 12.3. The van der Waals surface area contributed by atoms with Crippen LogP contribution in [0.4, 0.5) is 5.69 Å². The van der Waals surface area contributed by atoms with Crippen LogP contribution >= 0.6 is 11.8 Å². The molecule has 0 atom stereocenters. The fourth-order valence-corrected chi connectivity index (χ4v) is 1.96. The Labute approximate surface area is 103 Å². The van der Waals surface area contributed by atoms with Crippen molar-refractivity contribution in [3.8, 4) is 11.3 Å². The maximum atomic E-state index is 11.0. The molecule has 0 saturated heterocycles. The minimum Gasteiger partial charge on any atom is -0.258 e. The lowest BCUT2D eigenvalue weighted by atomic mass is 10.1. The number of nitro groups is 1. The lowest BCUT2D eigenvalue weighted by Crippen LogP contribution is -1.93. The summed E-state index contributed by atoms with van der Waals surface area (Å²) in [6, 6.07) is 10.5. The zero-order valence-electron chi connectivity index (χ0n) is 9.16. The molecule has 0 aliphatic heterocycles. The predicted molar refractivity (Wildman–Crippen MR) is 68.1 cm³/mol. The fraction of sp³-hybridized carbons (Fsp3) is 0.0833. The smallest absolute Gasteiger partial charge is 0.258 e. The molecule has 0 spiro atoms. The number of rotatable bonds is 3. The molecular weight excluding hydrogens is 236 g/mol. The van der Waals surface area contributed by atoms with Crippen molar-refractivity contribution in [1.29, 1.82) is 0 Å². The summed E-state index contributed by atoms with van der Waals surface area (Å²) in [6.07, 6.45) is 3.51. The Balaban J connectivity index is 2.58. The maximum absolute atomic E-state index is 11.0. The summed E-state index contributed by atoms with van der Waals surface area (Å²) in [7, 11) is 0. The van der Waals surface area contributed by atoms with E-state index in [1.807, 2.05) is 18.4 Å². The Morgan fingerprint density at radius 3 is 2.71 bits per heavy atom. The molecule has 4 nitrogen and oxygen atoms in total. The second-order valence-corrected chi connectivity index (χ2v) is 4.23. The minimum absolute atomic E-state index is 0.0931. The van der Waals surface area contributed by atoms with Crippen molar-refractivity contribution in [1.82, 2.24) is 4.98 Å². The summed E-state index contributed by atoms with van der Waals surface area (Å²) in [5.74, 6) is 0. The first-order valence-corrected chi connectivity index (χ1v) is 6.18. The van der Waals surface area contributed by atoms with E-state index in [0.29, 0.717) is 11.3 Å².